The van der Waals surface area contributed by atoms with Crippen LogP contribution in [0.15, 0.2) is 59.5 Å². The first-order chi connectivity index (χ1) is 14.0. The minimum atomic E-state index is -3.43. The Bertz CT molecular complexity index is 889. The minimum Gasteiger partial charge on any atom is -0.349 e. The van der Waals surface area contributed by atoms with Gasteiger partial charge in [-0.3, -0.25) is 4.79 Å². The molecule has 2 aromatic carbocycles. The number of hydrogen-bond acceptors (Lipinski definition) is 3. The van der Waals surface area contributed by atoms with Crippen LogP contribution in [-0.2, 0) is 21.2 Å². The molecule has 29 heavy (non-hydrogen) atoms. The van der Waals surface area contributed by atoms with Crippen molar-refractivity contribution in [2.24, 2.45) is 5.92 Å². The fourth-order valence-electron chi connectivity index (χ4n) is 4.06. The van der Waals surface area contributed by atoms with Crippen LogP contribution in [-0.4, -0.2) is 21.4 Å². The lowest BCUT2D eigenvalue weighted by atomic mass is 9.81. The van der Waals surface area contributed by atoms with E-state index in [1.165, 1.54) is 31.9 Å². The van der Waals surface area contributed by atoms with Gasteiger partial charge in [0.15, 0.2) is 0 Å². The van der Waals surface area contributed by atoms with Crippen LogP contribution in [0.1, 0.15) is 55.7 Å². The van der Waals surface area contributed by atoms with Gasteiger partial charge in [0.25, 0.3) is 0 Å². The van der Waals surface area contributed by atoms with Gasteiger partial charge in [0.05, 0.1) is 10.9 Å². The zero-order valence-electron chi connectivity index (χ0n) is 16.9. The second kappa shape index (κ2) is 10.0. The van der Waals surface area contributed by atoms with E-state index < -0.39 is 10.0 Å². The normalized spacial score (nSPS) is 16.3. The van der Waals surface area contributed by atoms with Crippen molar-refractivity contribution in [2.75, 3.05) is 7.05 Å². The van der Waals surface area contributed by atoms with Crippen molar-refractivity contribution in [1.29, 1.82) is 0 Å². The van der Waals surface area contributed by atoms with E-state index >= 15 is 0 Å². The van der Waals surface area contributed by atoms with Crippen LogP contribution in [0, 0.1) is 5.92 Å². The van der Waals surface area contributed by atoms with E-state index in [-0.39, 0.29) is 16.8 Å². The van der Waals surface area contributed by atoms with Crippen LogP contribution < -0.4 is 10.0 Å². The number of benzene rings is 2. The van der Waals surface area contributed by atoms with E-state index in [0.717, 1.165) is 18.4 Å². The Balaban J connectivity index is 1.61. The Hall–Kier alpha value is -2.18. The van der Waals surface area contributed by atoms with Crippen LogP contribution in [0.5, 0.6) is 0 Å². The standard InChI is InChI=1S/C23H30N2O3S/c1-24-29(27,28)21-15-12-18(13-16-21)14-17-22(26)25-23(19-8-4-2-5-9-19)20-10-6-3-7-11-20/h2,4-5,8-9,12-13,15-16,20,23-24H,3,6-7,10-11,14,17H2,1H3,(H,25,26)/t23-/m1/s1. The number of carbonyl (C=O) groups is 1. The quantitative estimate of drug-likeness (QED) is 0.686. The molecule has 5 nitrogen and oxygen atoms in total. The lowest BCUT2D eigenvalue weighted by molar-refractivity contribution is -0.122. The number of carbonyl (C=O) groups excluding carboxylic acids is 1. The molecule has 0 bridgehead atoms. The molecule has 156 valence electrons. The van der Waals surface area contributed by atoms with Crippen molar-refractivity contribution >= 4 is 15.9 Å². The van der Waals surface area contributed by atoms with Crippen LogP contribution >= 0.6 is 0 Å². The molecule has 2 N–H and O–H groups in total. The minimum absolute atomic E-state index is 0.0383. The summed E-state index contributed by atoms with van der Waals surface area (Å²) in [7, 11) is -2.04. The molecule has 1 atom stereocenters. The molecule has 3 rings (SSSR count). The number of amides is 1. The number of aryl methyl sites for hydroxylation is 1. The zero-order chi connectivity index (χ0) is 20.7. The van der Waals surface area contributed by atoms with Crippen LogP contribution in [0.25, 0.3) is 0 Å². The Morgan fingerprint density at radius 3 is 2.28 bits per heavy atom. The maximum atomic E-state index is 12.7. The highest BCUT2D eigenvalue weighted by Gasteiger charge is 2.26. The molecule has 0 aromatic heterocycles. The van der Waals surface area contributed by atoms with Gasteiger partial charge >= 0.3 is 0 Å². The molecule has 1 saturated carbocycles. The second-order valence-electron chi connectivity index (χ2n) is 7.71. The van der Waals surface area contributed by atoms with E-state index in [4.69, 9.17) is 0 Å². The highest BCUT2D eigenvalue weighted by molar-refractivity contribution is 7.89. The molecule has 2 aromatic rings. The monoisotopic (exact) mass is 414 g/mol. The molecule has 6 heteroatoms. The van der Waals surface area contributed by atoms with Gasteiger partial charge in [-0.2, -0.15) is 0 Å². The molecule has 1 amide bonds. The maximum absolute atomic E-state index is 12.7. The van der Waals surface area contributed by atoms with Crippen molar-refractivity contribution in [3.63, 3.8) is 0 Å². The van der Waals surface area contributed by atoms with Crippen molar-refractivity contribution in [3.05, 3.63) is 65.7 Å². The summed E-state index contributed by atoms with van der Waals surface area (Å²) in [5, 5.41) is 3.27. The van der Waals surface area contributed by atoms with Gasteiger partial charge in [0, 0.05) is 6.42 Å². The largest absolute Gasteiger partial charge is 0.349 e. The van der Waals surface area contributed by atoms with Gasteiger partial charge < -0.3 is 5.32 Å². The Morgan fingerprint density at radius 1 is 1.00 bits per heavy atom. The van der Waals surface area contributed by atoms with Crippen LogP contribution in [0.4, 0.5) is 0 Å². The summed E-state index contributed by atoms with van der Waals surface area (Å²) < 4.78 is 25.9. The summed E-state index contributed by atoms with van der Waals surface area (Å²) in [6.07, 6.45) is 7.01. The number of hydrogen-bond donors (Lipinski definition) is 2. The summed E-state index contributed by atoms with van der Waals surface area (Å²) >= 11 is 0. The summed E-state index contributed by atoms with van der Waals surface area (Å²) in [6, 6.07) is 17.0. The molecule has 0 spiro atoms. The molecular formula is C23H30N2O3S. The van der Waals surface area contributed by atoms with Gasteiger partial charge in [-0.15, -0.1) is 0 Å². The predicted molar refractivity (Wildman–Crippen MR) is 115 cm³/mol. The van der Waals surface area contributed by atoms with E-state index in [2.05, 4.69) is 22.2 Å². The number of nitrogens with one attached hydrogen (secondary N) is 2. The summed E-state index contributed by atoms with van der Waals surface area (Å²) in [5.74, 6) is 0.525. The molecule has 1 aliphatic rings. The third-order valence-electron chi connectivity index (χ3n) is 5.74. The van der Waals surface area contributed by atoms with Crippen LogP contribution in [0.2, 0.25) is 0 Å². The van der Waals surface area contributed by atoms with Crippen molar-refractivity contribution in [2.45, 2.75) is 55.9 Å². The maximum Gasteiger partial charge on any atom is 0.240 e. The summed E-state index contributed by atoms with van der Waals surface area (Å²) in [4.78, 5) is 12.9. The van der Waals surface area contributed by atoms with Crippen molar-refractivity contribution < 1.29 is 13.2 Å². The Labute approximate surface area is 174 Å². The van der Waals surface area contributed by atoms with E-state index in [1.807, 2.05) is 18.2 Å². The molecule has 1 aliphatic carbocycles. The first kappa shape index (κ1) is 21.5. The topological polar surface area (TPSA) is 75.3 Å². The molecule has 0 radical (unpaired) electrons. The van der Waals surface area contributed by atoms with Gasteiger partial charge in [0.2, 0.25) is 15.9 Å². The first-order valence-corrected chi connectivity index (χ1v) is 11.8. The highest BCUT2D eigenvalue weighted by Crippen LogP contribution is 2.34. The molecule has 0 unspecified atom stereocenters. The van der Waals surface area contributed by atoms with E-state index in [1.54, 1.807) is 24.3 Å². The number of rotatable bonds is 8. The third-order valence-corrected chi connectivity index (χ3v) is 7.17. The second-order valence-corrected chi connectivity index (χ2v) is 9.59. The Morgan fingerprint density at radius 2 is 1.66 bits per heavy atom. The predicted octanol–water partition coefficient (Wildman–Crippen LogP) is 3.97. The Kier molecular flexibility index (Phi) is 7.45. The van der Waals surface area contributed by atoms with Gasteiger partial charge in [-0.25, -0.2) is 13.1 Å². The SMILES string of the molecule is CNS(=O)(=O)c1ccc(CCC(=O)N[C@H](c2ccccc2)C2CCCCC2)cc1. The highest BCUT2D eigenvalue weighted by atomic mass is 32.2. The lowest BCUT2D eigenvalue weighted by Gasteiger charge is -2.31. The fourth-order valence-corrected chi connectivity index (χ4v) is 4.79. The summed E-state index contributed by atoms with van der Waals surface area (Å²) in [6.45, 7) is 0. The van der Waals surface area contributed by atoms with E-state index in [9.17, 15) is 13.2 Å². The van der Waals surface area contributed by atoms with Gasteiger partial charge in [-0.1, -0.05) is 61.7 Å². The first-order valence-electron chi connectivity index (χ1n) is 10.4. The average Bonchev–Trinajstić information content (AvgIpc) is 2.77. The van der Waals surface area contributed by atoms with Gasteiger partial charge in [0.1, 0.15) is 0 Å². The average molecular weight is 415 g/mol. The molecular weight excluding hydrogens is 384 g/mol. The molecule has 1 fully saturated rings. The fraction of sp³-hybridized carbons (Fsp3) is 0.435. The van der Waals surface area contributed by atoms with E-state index in [0.29, 0.717) is 18.8 Å². The summed E-state index contributed by atoms with van der Waals surface area (Å²) in [5.41, 5.74) is 2.12. The van der Waals surface area contributed by atoms with Gasteiger partial charge in [-0.05, 0) is 55.5 Å². The number of sulfonamides is 1. The third kappa shape index (κ3) is 5.90. The molecule has 0 heterocycles. The van der Waals surface area contributed by atoms with Crippen LogP contribution in [0.3, 0.4) is 0 Å². The van der Waals surface area contributed by atoms with Crippen molar-refractivity contribution in [1.82, 2.24) is 10.0 Å². The smallest absolute Gasteiger partial charge is 0.240 e. The zero-order valence-corrected chi connectivity index (χ0v) is 17.8. The molecule has 0 saturated heterocycles. The molecule has 0 aliphatic heterocycles. The van der Waals surface area contributed by atoms with Crippen molar-refractivity contribution in [3.8, 4) is 0 Å². The lowest BCUT2D eigenvalue weighted by Crippen LogP contribution is -2.34.